The van der Waals surface area contributed by atoms with E-state index in [1.165, 1.54) is 6.07 Å². The van der Waals surface area contributed by atoms with Crippen LogP contribution in [-0.4, -0.2) is 22.9 Å². The fraction of sp³-hybridized carbons (Fsp3) is 0.538. The molecule has 0 heterocycles. The van der Waals surface area contributed by atoms with Crippen molar-refractivity contribution in [3.8, 4) is 5.75 Å². The van der Waals surface area contributed by atoms with Gasteiger partial charge >= 0.3 is 0 Å². The molecule has 4 heteroatoms. The highest BCUT2D eigenvalue weighted by atomic mass is 19.1. The molecule has 0 fully saturated rings. The van der Waals surface area contributed by atoms with E-state index >= 15 is 0 Å². The molecule has 0 aliphatic heterocycles. The molecule has 1 unspecified atom stereocenters. The lowest BCUT2D eigenvalue weighted by Crippen LogP contribution is -2.34. The average molecular weight is 241 g/mol. The Morgan fingerprint density at radius 1 is 1.35 bits per heavy atom. The first-order chi connectivity index (χ1) is 8.06. The Bertz CT molecular complexity index is 355. The molecule has 17 heavy (non-hydrogen) atoms. The molecule has 1 atom stereocenters. The van der Waals surface area contributed by atoms with E-state index in [2.05, 4.69) is 19.2 Å². The zero-order valence-electron chi connectivity index (χ0n) is 10.3. The van der Waals surface area contributed by atoms with Gasteiger partial charge in [0.05, 0.1) is 0 Å². The van der Waals surface area contributed by atoms with Gasteiger partial charge in [-0.05, 0) is 18.4 Å². The van der Waals surface area contributed by atoms with Crippen LogP contribution in [0.2, 0.25) is 0 Å². The molecular formula is C13H20FNO2. The van der Waals surface area contributed by atoms with Crippen LogP contribution in [0.4, 0.5) is 4.39 Å². The van der Waals surface area contributed by atoms with Crippen molar-refractivity contribution in [3.63, 3.8) is 0 Å². The summed E-state index contributed by atoms with van der Waals surface area (Å²) in [5, 5.41) is 21.7. The second-order valence-corrected chi connectivity index (χ2v) is 4.49. The van der Waals surface area contributed by atoms with E-state index < -0.39 is 5.82 Å². The van der Waals surface area contributed by atoms with Crippen molar-refractivity contribution in [2.75, 3.05) is 6.61 Å². The van der Waals surface area contributed by atoms with Crippen molar-refractivity contribution in [3.05, 3.63) is 29.6 Å². The van der Waals surface area contributed by atoms with Crippen molar-refractivity contribution < 1.29 is 14.6 Å². The quantitative estimate of drug-likeness (QED) is 0.714. The molecular weight excluding hydrogens is 221 g/mol. The second-order valence-electron chi connectivity index (χ2n) is 4.49. The summed E-state index contributed by atoms with van der Waals surface area (Å²) >= 11 is 0. The van der Waals surface area contributed by atoms with Gasteiger partial charge in [-0.25, -0.2) is 4.39 Å². The maximum atomic E-state index is 13.1. The van der Waals surface area contributed by atoms with E-state index in [1.807, 2.05) is 0 Å². The maximum Gasteiger partial charge on any atom is 0.165 e. The van der Waals surface area contributed by atoms with E-state index in [0.717, 1.165) is 0 Å². The van der Waals surface area contributed by atoms with Gasteiger partial charge in [0.2, 0.25) is 0 Å². The van der Waals surface area contributed by atoms with E-state index in [0.29, 0.717) is 24.4 Å². The second kappa shape index (κ2) is 6.57. The molecule has 3 N–H and O–H groups in total. The number of para-hydroxylation sites is 1. The van der Waals surface area contributed by atoms with E-state index in [1.54, 1.807) is 12.1 Å². The van der Waals surface area contributed by atoms with Gasteiger partial charge in [-0.1, -0.05) is 26.0 Å². The molecule has 0 aromatic heterocycles. The van der Waals surface area contributed by atoms with Crippen LogP contribution in [0, 0.1) is 11.7 Å². The number of nitrogens with one attached hydrogen (secondary N) is 1. The van der Waals surface area contributed by atoms with Gasteiger partial charge in [0, 0.05) is 24.8 Å². The Balaban J connectivity index is 2.62. The number of phenols is 1. The molecule has 1 aromatic carbocycles. The van der Waals surface area contributed by atoms with Crippen LogP contribution in [0.25, 0.3) is 0 Å². The number of aliphatic hydroxyl groups excluding tert-OH is 1. The van der Waals surface area contributed by atoms with Gasteiger partial charge in [0.1, 0.15) is 0 Å². The third-order valence-electron chi connectivity index (χ3n) is 2.87. The molecule has 0 amide bonds. The molecule has 0 bridgehead atoms. The zero-order valence-corrected chi connectivity index (χ0v) is 10.3. The van der Waals surface area contributed by atoms with Crippen molar-refractivity contribution in [2.45, 2.75) is 32.9 Å². The summed E-state index contributed by atoms with van der Waals surface area (Å²) in [5.74, 6) is -0.531. The molecule has 0 radical (unpaired) electrons. The Morgan fingerprint density at radius 2 is 2.06 bits per heavy atom. The van der Waals surface area contributed by atoms with Crippen LogP contribution < -0.4 is 5.32 Å². The third kappa shape index (κ3) is 3.98. The lowest BCUT2D eigenvalue weighted by Gasteiger charge is -2.21. The normalized spacial score (nSPS) is 13.0. The van der Waals surface area contributed by atoms with Gasteiger partial charge in [0.15, 0.2) is 11.6 Å². The summed E-state index contributed by atoms with van der Waals surface area (Å²) in [6.45, 7) is 4.62. The average Bonchev–Trinajstić information content (AvgIpc) is 2.29. The Hall–Kier alpha value is -1.13. The fourth-order valence-corrected chi connectivity index (χ4v) is 1.75. The molecule has 0 saturated carbocycles. The number of aromatic hydroxyl groups is 1. The molecule has 3 nitrogen and oxygen atoms in total. The number of hydrogen-bond acceptors (Lipinski definition) is 3. The first kappa shape index (κ1) is 13.9. The lowest BCUT2D eigenvalue weighted by molar-refractivity contribution is 0.243. The molecule has 0 aliphatic rings. The van der Waals surface area contributed by atoms with Crippen LogP contribution in [0.5, 0.6) is 5.75 Å². The van der Waals surface area contributed by atoms with Crippen molar-refractivity contribution in [1.29, 1.82) is 0 Å². The van der Waals surface area contributed by atoms with Crippen molar-refractivity contribution >= 4 is 0 Å². The smallest absolute Gasteiger partial charge is 0.165 e. The number of hydrogen-bond donors (Lipinski definition) is 3. The van der Waals surface area contributed by atoms with Gasteiger partial charge in [-0.15, -0.1) is 0 Å². The standard InChI is InChI=1S/C13H20FNO2/c1-9(2)12(6-7-16)15-8-10-4-3-5-11(14)13(10)17/h3-5,9,12,15-17H,6-8H2,1-2H3. The number of rotatable bonds is 6. The predicted octanol–water partition coefficient (Wildman–Crippen LogP) is 2.03. The monoisotopic (exact) mass is 241 g/mol. The summed E-state index contributed by atoms with van der Waals surface area (Å²) in [6, 6.07) is 4.64. The predicted molar refractivity (Wildman–Crippen MR) is 65.2 cm³/mol. The minimum atomic E-state index is -0.604. The highest BCUT2D eigenvalue weighted by Crippen LogP contribution is 2.20. The Labute approximate surface area is 101 Å². The van der Waals surface area contributed by atoms with E-state index in [4.69, 9.17) is 5.11 Å². The number of aliphatic hydroxyl groups is 1. The van der Waals surface area contributed by atoms with E-state index in [9.17, 15) is 9.50 Å². The SMILES string of the molecule is CC(C)C(CCO)NCc1cccc(F)c1O. The summed E-state index contributed by atoms with van der Waals surface area (Å²) in [6.07, 6.45) is 0.647. The number of benzene rings is 1. The fourth-order valence-electron chi connectivity index (χ4n) is 1.75. The highest BCUT2D eigenvalue weighted by molar-refractivity contribution is 5.33. The minimum absolute atomic E-state index is 0.116. The topological polar surface area (TPSA) is 52.5 Å². The molecule has 1 aromatic rings. The summed E-state index contributed by atoms with van der Waals surface area (Å²) < 4.78 is 13.1. The van der Waals surface area contributed by atoms with Crippen LogP contribution in [-0.2, 0) is 6.54 Å². The molecule has 0 saturated heterocycles. The van der Waals surface area contributed by atoms with Gasteiger partial charge in [0.25, 0.3) is 0 Å². The minimum Gasteiger partial charge on any atom is -0.505 e. The van der Waals surface area contributed by atoms with Gasteiger partial charge < -0.3 is 15.5 Å². The first-order valence-corrected chi connectivity index (χ1v) is 5.86. The Morgan fingerprint density at radius 3 is 2.65 bits per heavy atom. The van der Waals surface area contributed by atoms with Crippen LogP contribution in [0.15, 0.2) is 18.2 Å². The van der Waals surface area contributed by atoms with Crippen LogP contribution in [0.1, 0.15) is 25.8 Å². The lowest BCUT2D eigenvalue weighted by atomic mass is 10.0. The first-order valence-electron chi connectivity index (χ1n) is 5.86. The van der Waals surface area contributed by atoms with Crippen LogP contribution >= 0.6 is 0 Å². The summed E-state index contributed by atoms with van der Waals surface area (Å²) in [4.78, 5) is 0. The van der Waals surface area contributed by atoms with Gasteiger partial charge in [-0.2, -0.15) is 0 Å². The molecule has 0 aliphatic carbocycles. The van der Waals surface area contributed by atoms with Crippen LogP contribution in [0.3, 0.4) is 0 Å². The maximum absolute atomic E-state index is 13.1. The number of halogens is 1. The van der Waals surface area contributed by atoms with Crippen molar-refractivity contribution in [1.82, 2.24) is 5.32 Å². The third-order valence-corrected chi connectivity index (χ3v) is 2.87. The Kier molecular flexibility index (Phi) is 5.38. The largest absolute Gasteiger partial charge is 0.505 e. The highest BCUT2D eigenvalue weighted by Gasteiger charge is 2.13. The summed E-state index contributed by atoms with van der Waals surface area (Å²) in [7, 11) is 0. The number of phenolic OH excluding ortho intramolecular Hbond substituents is 1. The van der Waals surface area contributed by atoms with Gasteiger partial charge in [-0.3, -0.25) is 0 Å². The van der Waals surface area contributed by atoms with Crippen molar-refractivity contribution in [2.24, 2.45) is 5.92 Å². The summed E-state index contributed by atoms with van der Waals surface area (Å²) in [5.41, 5.74) is 0.536. The molecule has 96 valence electrons. The zero-order chi connectivity index (χ0) is 12.8. The molecule has 0 spiro atoms. The molecule has 1 rings (SSSR count). The van der Waals surface area contributed by atoms with E-state index in [-0.39, 0.29) is 18.4 Å².